The molecule has 0 fully saturated rings. The predicted octanol–water partition coefficient (Wildman–Crippen LogP) is 16.4. The van der Waals surface area contributed by atoms with Crippen molar-refractivity contribution in [2.24, 2.45) is 0 Å². The van der Waals surface area contributed by atoms with Gasteiger partial charge in [0.2, 0.25) is 0 Å². The number of ether oxygens (including phenoxy) is 3. The average molecular weight is 819 g/mol. The predicted molar refractivity (Wildman–Crippen MR) is 243 cm³/mol. The highest BCUT2D eigenvalue weighted by Crippen LogP contribution is 2.16. The smallest absolute Gasteiger partial charge is 0.306 e. The van der Waals surface area contributed by atoms with Crippen LogP contribution in [-0.2, 0) is 28.6 Å². The van der Waals surface area contributed by atoms with Gasteiger partial charge in [-0.1, -0.05) is 252 Å². The molecule has 0 amide bonds. The first-order chi connectivity index (χ1) is 28.0. The van der Waals surface area contributed by atoms with Crippen molar-refractivity contribution in [3.8, 4) is 0 Å². The molecule has 57 heavy (non-hydrogen) atoms. The van der Waals surface area contributed by atoms with Crippen LogP contribution < -0.4 is 0 Å². The quantitative estimate of drug-likeness (QED) is 0.0263. The van der Waals surface area contributed by atoms with Crippen molar-refractivity contribution in [1.29, 1.82) is 0 Å². The molecule has 0 unspecified atom stereocenters. The van der Waals surface area contributed by atoms with Crippen LogP contribution in [0, 0.1) is 0 Å². The number of carbonyl (C=O) groups excluding carboxylic acids is 3. The number of carbonyl (C=O) groups is 3. The molecular weight excluding hydrogens is 720 g/mol. The van der Waals surface area contributed by atoms with E-state index in [9.17, 15) is 14.4 Å². The van der Waals surface area contributed by atoms with Gasteiger partial charge in [-0.3, -0.25) is 14.4 Å². The minimum Gasteiger partial charge on any atom is -0.462 e. The van der Waals surface area contributed by atoms with Gasteiger partial charge in [-0.25, -0.2) is 0 Å². The van der Waals surface area contributed by atoms with Crippen molar-refractivity contribution in [1.82, 2.24) is 0 Å². The van der Waals surface area contributed by atoms with Crippen LogP contribution in [0.1, 0.15) is 290 Å². The minimum atomic E-state index is -0.759. The van der Waals surface area contributed by atoms with Gasteiger partial charge in [-0.2, -0.15) is 0 Å². The molecule has 0 bridgehead atoms. The molecule has 0 aliphatic carbocycles. The van der Waals surface area contributed by atoms with E-state index in [1.807, 2.05) is 0 Å². The second-order valence-electron chi connectivity index (χ2n) is 17.5. The normalized spacial score (nSPS) is 11.4. The first kappa shape index (κ1) is 55.4. The van der Waals surface area contributed by atoms with Crippen LogP contribution in [-0.4, -0.2) is 37.2 Å². The minimum absolute atomic E-state index is 0.0619. The van der Waals surface area contributed by atoms with E-state index in [1.165, 1.54) is 193 Å². The molecule has 0 heterocycles. The monoisotopic (exact) mass is 819 g/mol. The van der Waals surface area contributed by atoms with Crippen molar-refractivity contribution >= 4 is 17.9 Å². The summed E-state index contributed by atoms with van der Waals surface area (Å²) in [5.41, 5.74) is 0. The largest absolute Gasteiger partial charge is 0.462 e. The average Bonchev–Trinajstić information content (AvgIpc) is 3.21. The van der Waals surface area contributed by atoms with E-state index in [1.54, 1.807) is 0 Å². The zero-order valence-electron chi connectivity index (χ0n) is 38.6. The summed E-state index contributed by atoms with van der Waals surface area (Å²) in [6.45, 7) is 6.67. The van der Waals surface area contributed by atoms with Gasteiger partial charge in [0.15, 0.2) is 6.10 Å². The lowest BCUT2D eigenvalue weighted by Crippen LogP contribution is -2.30. The zero-order valence-corrected chi connectivity index (χ0v) is 38.6. The maximum atomic E-state index is 12.8. The third-order valence-electron chi connectivity index (χ3n) is 11.6. The summed E-state index contributed by atoms with van der Waals surface area (Å²) in [6.07, 6.45) is 49.3. The molecule has 0 radical (unpaired) electrons. The van der Waals surface area contributed by atoms with E-state index in [0.29, 0.717) is 19.3 Å². The molecule has 0 rings (SSSR count). The summed E-state index contributed by atoms with van der Waals surface area (Å²) in [5.74, 6) is -0.842. The second kappa shape index (κ2) is 47.1. The van der Waals surface area contributed by atoms with E-state index >= 15 is 0 Å². The first-order valence-electron chi connectivity index (χ1n) is 25.5. The van der Waals surface area contributed by atoms with Crippen LogP contribution in [0.4, 0.5) is 0 Å². The number of rotatable bonds is 47. The van der Waals surface area contributed by atoms with Crippen LogP contribution in [0.25, 0.3) is 0 Å². The zero-order chi connectivity index (χ0) is 41.5. The molecule has 6 nitrogen and oxygen atoms in total. The lowest BCUT2D eigenvalue weighted by Gasteiger charge is -2.18. The molecule has 0 spiro atoms. The van der Waals surface area contributed by atoms with Crippen molar-refractivity contribution in [3.05, 3.63) is 0 Å². The number of unbranched alkanes of at least 4 members (excludes halogenated alkanes) is 36. The molecule has 338 valence electrons. The van der Waals surface area contributed by atoms with Gasteiger partial charge in [-0.15, -0.1) is 0 Å². The summed E-state index contributed by atoms with van der Waals surface area (Å²) in [6, 6.07) is 0. The van der Waals surface area contributed by atoms with Gasteiger partial charge in [0.1, 0.15) is 13.2 Å². The van der Waals surface area contributed by atoms with Crippen LogP contribution in [0.15, 0.2) is 0 Å². The molecule has 0 aromatic rings. The van der Waals surface area contributed by atoms with Gasteiger partial charge >= 0.3 is 17.9 Å². The van der Waals surface area contributed by atoms with Gasteiger partial charge in [-0.05, 0) is 19.3 Å². The van der Waals surface area contributed by atoms with E-state index < -0.39 is 6.10 Å². The Bertz CT molecular complexity index is 798. The van der Waals surface area contributed by atoms with Crippen LogP contribution in [0.5, 0.6) is 0 Å². The summed E-state index contributed by atoms with van der Waals surface area (Å²) >= 11 is 0. The lowest BCUT2D eigenvalue weighted by molar-refractivity contribution is -0.167. The Balaban J connectivity index is 4.31. The molecule has 0 aromatic carbocycles. The van der Waals surface area contributed by atoms with Gasteiger partial charge in [0, 0.05) is 19.3 Å². The fraction of sp³-hybridized carbons (Fsp3) is 0.941. The maximum absolute atomic E-state index is 12.8. The third-order valence-corrected chi connectivity index (χ3v) is 11.6. The summed E-state index contributed by atoms with van der Waals surface area (Å²) in [5, 5.41) is 0. The highest BCUT2D eigenvalue weighted by atomic mass is 16.7. The second-order valence-corrected chi connectivity index (χ2v) is 17.5. The third kappa shape index (κ3) is 45.3. The molecule has 0 aromatic heterocycles. The Morgan fingerprint density at radius 2 is 0.474 bits per heavy atom. The Morgan fingerprint density at radius 3 is 0.702 bits per heavy atom. The number of esters is 3. The van der Waals surface area contributed by atoms with E-state index in [-0.39, 0.29) is 31.1 Å². The lowest BCUT2D eigenvalue weighted by atomic mass is 10.1. The van der Waals surface area contributed by atoms with Crippen molar-refractivity contribution in [2.45, 2.75) is 297 Å². The first-order valence-corrected chi connectivity index (χ1v) is 25.5. The van der Waals surface area contributed by atoms with Crippen LogP contribution in [0.3, 0.4) is 0 Å². The van der Waals surface area contributed by atoms with Gasteiger partial charge in [0.05, 0.1) is 0 Å². The van der Waals surface area contributed by atoms with E-state index in [0.717, 1.165) is 57.8 Å². The van der Waals surface area contributed by atoms with E-state index in [4.69, 9.17) is 14.2 Å². The molecule has 0 saturated heterocycles. The Morgan fingerprint density at radius 1 is 0.281 bits per heavy atom. The number of hydrogen-bond acceptors (Lipinski definition) is 6. The maximum Gasteiger partial charge on any atom is 0.306 e. The standard InChI is InChI=1S/C51H98O6/c1-4-7-10-13-16-19-22-25-28-31-34-37-40-43-49(52)55-46-48(57-51(54)45-42-39-36-33-30-27-24-21-18-15-12-9-6-3)47-56-50(53)44-41-38-35-32-29-26-23-20-17-14-11-8-5-2/h48H,4-47H2,1-3H3/i37+1,38+1,39+1,40+1,41+1,42+1,43+1,44+1,45+1,49+1,50+1,51+1. The summed E-state index contributed by atoms with van der Waals surface area (Å²) in [4.78, 5) is 37.9. The fourth-order valence-corrected chi connectivity index (χ4v) is 7.74. The number of hydrogen-bond donors (Lipinski definition) is 0. The molecule has 6 heteroatoms. The van der Waals surface area contributed by atoms with Gasteiger partial charge < -0.3 is 14.2 Å². The van der Waals surface area contributed by atoms with Gasteiger partial charge in [0.25, 0.3) is 0 Å². The molecular formula is C51H98O6. The van der Waals surface area contributed by atoms with E-state index in [2.05, 4.69) is 20.8 Å². The topological polar surface area (TPSA) is 78.9 Å². The molecule has 0 aliphatic rings. The highest BCUT2D eigenvalue weighted by Gasteiger charge is 2.19. The molecule has 0 atom stereocenters. The fourth-order valence-electron chi connectivity index (χ4n) is 7.74. The van der Waals surface area contributed by atoms with Crippen LogP contribution >= 0.6 is 0 Å². The van der Waals surface area contributed by atoms with Crippen LogP contribution in [0.2, 0.25) is 0 Å². The Hall–Kier alpha value is -1.59. The van der Waals surface area contributed by atoms with Crippen molar-refractivity contribution in [3.63, 3.8) is 0 Å². The van der Waals surface area contributed by atoms with Crippen molar-refractivity contribution in [2.75, 3.05) is 13.2 Å². The molecule has 0 N–H and O–H groups in total. The highest BCUT2D eigenvalue weighted by molar-refractivity contribution is 5.71. The Kier molecular flexibility index (Phi) is 45.8. The molecule has 0 saturated carbocycles. The SMILES string of the molecule is CCCCCCCCCCCC[13CH2][13CH2][13CH2][13C](=O)OCC(CO[13C](=O)[13CH2][13CH2][13CH2]CCCCCCCCCCCC)O[13C](=O)[13CH2][13CH2][13CH2]CCCCCCCCCCCC. The summed E-state index contributed by atoms with van der Waals surface area (Å²) in [7, 11) is 0. The van der Waals surface area contributed by atoms with Crippen molar-refractivity contribution < 1.29 is 28.6 Å². The Labute approximate surface area is 355 Å². The molecule has 0 aliphatic heterocycles. The summed E-state index contributed by atoms with van der Waals surface area (Å²) < 4.78 is 16.8.